The number of hydrogen-bond acceptors (Lipinski definition) is 4. The summed E-state index contributed by atoms with van der Waals surface area (Å²) < 4.78 is 5.51. The maximum absolute atomic E-state index is 10.3. The Labute approximate surface area is 77.5 Å². The van der Waals surface area contributed by atoms with Gasteiger partial charge in [-0.25, -0.2) is 0 Å². The van der Waals surface area contributed by atoms with Crippen LogP contribution in [0, 0.1) is 0 Å². The second-order valence-electron chi connectivity index (χ2n) is 3.25. The Kier molecular flexibility index (Phi) is 4.14. The predicted octanol–water partition coefficient (Wildman–Crippen LogP) is -0.440. The van der Waals surface area contributed by atoms with Crippen molar-refractivity contribution in [3.63, 3.8) is 0 Å². The highest BCUT2D eigenvalue weighted by molar-refractivity contribution is 5.74. The van der Waals surface area contributed by atoms with Crippen molar-refractivity contribution in [3.8, 4) is 0 Å². The van der Waals surface area contributed by atoms with Crippen LogP contribution in [0.15, 0.2) is 0 Å². The fourth-order valence-corrected chi connectivity index (χ4v) is 1.31. The van der Waals surface area contributed by atoms with Crippen molar-refractivity contribution < 1.29 is 14.4 Å². The van der Waals surface area contributed by atoms with Crippen LogP contribution in [0.3, 0.4) is 0 Å². The highest BCUT2D eigenvalue weighted by Gasteiger charge is 2.21. The summed E-state index contributed by atoms with van der Waals surface area (Å²) in [6.07, 6.45) is 2.65. The van der Waals surface area contributed by atoms with Crippen LogP contribution < -0.4 is 11.2 Å². The molecule has 13 heavy (non-hydrogen) atoms. The predicted molar refractivity (Wildman–Crippen MR) is 46.7 cm³/mol. The number of nitrogens with one attached hydrogen (secondary N) is 1. The quantitative estimate of drug-likeness (QED) is 0.453. The van der Waals surface area contributed by atoms with E-state index in [4.69, 9.17) is 15.3 Å². The minimum atomic E-state index is -0.479. The number of amides is 1. The molecule has 0 bridgehead atoms. The molecule has 1 aliphatic rings. The van der Waals surface area contributed by atoms with Crippen molar-refractivity contribution >= 4 is 5.91 Å². The lowest BCUT2D eigenvalue weighted by atomic mass is 10.2. The van der Waals surface area contributed by atoms with Crippen LogP contribution >= 0.6 is 0 Å². The van der Waals surface area contributed by atoms with Gasteiger partial charge in [-0.15, -0.1) is 0 Å². The third-order valence-corrected chi connectivity index (χ3v) is 1.95. The normalized spacial score (nSPS) is 27.8. The first-order valence-corrected chi connectivity index (χ1v) is 4.47. The molecule has 0 aromatic heterocycles. The first kappa shape index (κ1) is 10.4. The van der Waals surface area contributed by atoms with E-state index in [1.807, 2.05) is 6.92 Å². The minimum Gasteiger partial charge on any atom is -0.374 e. The van der Waals surface area contributed by atoms with Crippen LogP contribution in [-0.4, -0.2) is 31.3 Å². The van der Waals surface area contributed by atoms with Crippen molar-refractivity contribution in [1.82, 2.24) is 5.48 Å². The second kappa shape index (κ2) is 5.16. The van der Waals surface area contributed by atoms with Gasteiger partial charge in [-0.3, -0.25) is 9.63 Å². The molecule has 1 amide bonds. The summed E-state index contributed by atoms with van der Waals surface area (Å²) >= 11 is 0. The summed E-state index contributed by atoms with van der Waals surface area (Å²) in [6, 6.07) is 0. The van der Waals surface area contributed by atoms with E-state index in [9.17, 15) is 4.79 Å². The molecule has 76 valence electrons. The van der Waals surface area contributed by atoms with E-state index in [2.05, 4.69) is 5.48 Å². The summed E-state index contributed by atoms with van der Waals surface area (Å²) in [4.78, 5) is 15.1. The van der Waals surface area contributed by atoms with E-state index in [-0.39, 0.29) is 12.7 Å². The molecule has 0 aromatic carbocycles. The van der Waals surface area contributed by atoms with Crippen molar-refractivity contribution in [1.29, 1.82) is 0 Å². The number of hydrogen-bond donors (Lipinski definition) is 2. The van der Waals surface area contributed by atoms with Gasteiger partial charge in [-0.1, -0.05) is 0 Å². The Balaban J connectivity index is 1.97. The average Bonchev–Trinajstić information content (AvgIpc) is 2.45. The van der Waals surface area contributed by atoms with Crippen molar-refractivity contribution in [2.45, 2.75) is 32.0 Å². The topological polar surface area (TPSA) is 73.6 Å². The molecule has 3 N–H and O–H groups in total. The summed E-state index contributed by atoms with van der Waals surface area (Å²) in [7, 11) is 0. The minimum absolute atomic E-state index is 0.0950. The molecule has 0 spiro atoms. The maximum atomic E-state index is 10.3. The molecule has 1 heterocycles. The smallest absolute Gasteiger partial charge is 0.245 e. The number of carbonyl (C=O) groups is 1. The van der Waals surface area contributed by atoms with Gasteiger partial charge in [0, 0.05) is 6.54 Å². The molecule has 0 radical (unpaired) electrons. The Bertz CT molecular complexity index is 175. The van der Waals surface area contributed by atoms with E-state index in [0.29, 0.717) is 12.6 Å². The lowest BCUT2D eigenvalue weighted by Crippen LogP contribution is -2.30. The van der Waals surface area contributed by atoms with Crippen molar-refractivity contribution in [2.75, 3.05) is 13.2 Å². The van der Waals surface area contributed by atoms with E-state index < -0.39 is 5.91 Å². The van der Waals surface area contributed by atoms with E-state index in [0.717, 1.165) is 12.8 Å². The third-order valence-electron chi connectivity index (χ3n) is 1.95. The molecule has 0 aromatic rings. The molecule has 5 nitrogen and oxygen atoms in total. The summed E-state index contributed by atoms with van der Waals surface area (Å²) in [5.41, 5.74) is 7.53. The molecule has 1 fully saturated rings. The molecule has 2 atom stereocenters. The number of nitrogens with two attached hydrogens (primary N) is 1. The van der Waals surface area contributed by atoms with Crippen LogP contribution in [0.25, 0.3) is 0 Å². The number of ether oxygens (including phenoxy) is 1. The second-order valence-corrected chi connectivity index (χ2v) is 3.25. The molecule has 1 saturated heterocycles. The Morgan fingerprint density at radius 3 is 3.00 bits per heavy atom. The Morgan fingerprint density at radius 2 is 2.46 bits per heavy atom. The summed E-state index contributed by atoms with van der Waals surface area (Å²) in [5, 5.41) is 0. The molecular formula is C8H16N2O3. The largest absolute Gasteiger partial charge is 0.374 e. The Hall–Kier alpha value is -0.650. The number of rotatable bonds is 5. The van der Waals surface area contributed by atoms with E-state index in [1.54, 1.807) is 0 Å². The number of carbonyl (C=O) groups excluding carboxylic acids is 1. The van der Waals surface area contributed by atoms with Gasteiger partial charge >= 0.3 is 0 Å². The molecule has 0 aliphatic carbocycles. The molecule has 2 unspecified atom stereocenters. The fraction of sp³-hybridized carbons (Fsp3) is 0.875. The SMILES string of the molecule is CC1CCC(CNOCC(N)=O)O1. The first-order chi connectivity index (χ1) is 6.18. The van der Waals surface area contributed by atoms with Gasteiger partial charge in [0.25, 0.3) is 0 Å². The van der Waals surface area contributed by atoms with Gasteiger partial charge in [0.2, 0.25) is 5.91 Å². The van der Waals surface area contributed by atoms with Gasteiger partial charge < -0.3 is 10.5 Å². The van der Waals surface area contributed by atoms with Crippen LogP contribution in [0.4, 0.5) is 0 Å². The summed E-state index contributed by atoms with van der Waals surface area (Å²) in [6.45, 7) is 2.56. The summed E-state index contributed by atoms with van der Waals surface area (Å²) in [5.74, 6) is -0.479. The van der Waals surface area contributed by atoms with E-state index in [1.165, 1.54) is 0 Å². The lowest BCUT2D eigenvalue weighted by Gasteiger charge is -2.11. The van der Waals surface area contributed by atoms with Crippen molar-refractivity contribution in [3.05, 3.63) is 0 Å². The molecule has 0 saturated carbocycles. The highest BCUT2D eigenvalue weighted by Crippen LogP contribution is 2.17. The zero-order valence-corrected chi connectivity index (χ0v) is 7.79. The van der Waals surface area contributed by atoms with Gasteiger partial charge in [0.15, 0.2) is 0 Å². The fourth-order valence-electron chi connectivity index (χ4n) is 1.31. The van der Waals surface area contributed by atoms with Crippen molar-refractivity contribution in [2.24, 2.45) is 5.73 Å². The van der Waals surface area contributed by atoms with Crippen LogP contribution in [0.1, 0.15) is 19.8 Å². The molecule has 1 rings (SSSR count). The molecular weight excluding hydrogens is 172 g/mol. The highest BCUT2D eigenvalue weighted by atomic mass is 16.6. The first-order valence-electron chi connectivity index (χ1n) is 4.47. The monoisotopic (exact) mass is 188 g/mol. The van der Waals surface area contributed by atoms with Crippen LogP contribution in [0.5, 0.6) is 0 Å². The number of primary amides is 1. The zero-order valence-electron chi connectivity index (χ0n) is 7.79. The molecule has 1 aliphatic heterocycles. The average molecular weight is 188 g/mol. The Morgan fingerprint density at radius 1 is 1.69 bits per heavy atom. The molecule has 5 heteroatoms. The van der Waals surface area contributed by atoms with Gasteiger partial charge in [-0.05, 0) is 19.8 Å². The van der Waals surface area contributed by atoms with Gasteiger partial charge in [0.05, 0.1) is 12.2 Å². The third kappa shape index (κ3) is 4.21. The van der Waals surface area contributed by atoms with Gasteiger partial charge in [0.1, 0.15) is 6.61 Å². The standard InChI is InChI=1S/C8H16N2O3/c1-6-2-3-7(13-6)4-10-12-5-8(9)11/h6-7,10H,2-5H2,1H3,(H2,9,11). The number of hydroxylamine groups is 1. The van der Waals surface area contributed by atoms with Crippen LogP contribution in [-0.2, 0) is 14.4 Å². The van der Waals surface area contributed by atoms with E-state index >= 15 is 0 Å². The lowest BCUT2D eigenvalue weighted by molar-refractivity contribution is -0.125. The zero-order chi connectivity index (χ0) is 9.68. The maximum Gasteiger partial charge on any atom is 0.245 e. The van der Waals surface area contributed by atoms with Gasteiger partial charge in [-0.2, -0.15) is 5.48 Å². The van der Waals surface area contributed by atoms with Crippen LogP contribution in [0.2, 0.25) is 0 Å².